The summed E-state index contributed by atoms with van der Waals surface area (Å²) < 4.78 is 5.05. The fourth-order valence-electron chi connectivity index (χ4n) is 3.96. The molecule has 1 aliphatic rings. The van der Waals surface area contributed by atoms with Crippen LogP contribution in [-0.4, -0.2) is 30.6 Å². The third-order valence-corrected chi connectivity index (χ3v) is 5.46. The molecule has 2 aromatic rings. The topological polar surface area (TPSA) is 54.1 Å². The van der Waals surface area contributed by atoms with Crippen LogP contribution in [0.4, 0.5) is 0 Å². The van der Waals surface area contributed by atoms with Gasteiger partial charge in [0, 0.05) is 23.5 Å². The van der Waals surface area contributed by atoms with Crippen LogP contribution in [-0.2, 0) is 16.0 Å². The first kappa shape index (κ1) is 18.0. The summed E-state index contributed by atoms with van der Waals surface area (Å²) >= 11 is 0. The molecule has 0 amide bonds. The molecule has 1 fully saturated rings. The number of methoxy groups -OCH3 is 1. The number of rotatable bonds is 6. The number of ether oxygens (including phenoxy) is 1. The molecular formula is C21H30N2O2. The van der Waals surface area contributed by atoms with Crippen molar-refractivity contribution in [1.29, 1.82) is 0 Å². The van der Waals surface area contributed by atoms with E-state index in [1.807, 2.05) is 18.3 Å². The lowest BCUT2D eigenvalue weighted by atomic mass is 9.91. The summed E-state index contributed by atoms with van der Waals surface area (Å²) in [7, 11) is 1.47. The third-order valence-electron chi connectivity index (χ3n) is 5.46. The van der Waals surface area contributed by atoms with E-state index in [1.54, 1.807) is 0 Å². The van der Waals surface area contributed by atoms with Gasteiger partial charge in [-0.1, -0.05) is 50.3 Å². The van der Waals surface area contributed by atoms with Crippen molar-refractivity contribution < 1.29 is 9.53 Å². The largest absolute Gasteiger partial charge is 0.468 e. The number of esters is 1. The lowest BCUT2D eigenvalue weighted by molar-refractivity contribution is -0.143. The van der Waals surface area contributed by atoms with Gasteiger partial charge in [0.15, 0.2) is 0 Å². The number of aromatic amines is 1. The standard InChI is InChI=1S/C21H30N2O2/c1-25-21(24)20(22-14-16-9-5-3-2-4-6-10-16)13-17-15-23-19-12-8-7-11-18(17)19/h7-8,11-12,15-16,20,22-23H,2-6,9-10,13-14H2,1H3/t20-/m0/s1. The zero-order valence-electron chi connectivity index (χ0n) is 15.2. The highest BCUT2D eigenvalue weighted by atomic mass is 16.5. The number of para-hydroxylation sites is 1. The molecule has 3 rings (SSSR count). The monoisotopic (exact) mass is 342 g/mol. The van der Waals surface area contributed by atoms with Gasteiger partial charge in [0.05, 0.1) is 7.11 Å². The average molecular weight is 342 g/mol. The molecule has 1 aromatic heterocycles. The van der Waals surface area contributed by atoms with Crippen LogP contribution in [0.25, 0.3) is 10.9 Å². The Hall–Kier alpha value is -1.81. The van der Waals surface area contributed by atoms with Gasteiger partial charge < -0.3 is 15.0 Å². The van der Waals surface area contributed by atoms with Gasteiger partial charge >= 0.3 is 5.97 Å². The van der Waals surface area contributed by atoms with E-state index in [0.717, 1.165) is 17.6 Å². The quantitative estimate of drug-likeness (QED) is 0.774. The molecule has 0 spiro atoms. The highest BCUT2D eigenvalue weighted by Gasteiger charge is 2.22. The summed E-state index contributed by atoms with van der Waals surface area (Å²) in [4.78, 5) is 15.6. The summed E-state index contributed by atoms with van der Waals surface area (Å²) in [5.41, 5.74) is 2.28. The zero-order valence-corrected chi connectivity index (χ0v) is 15.2. The molecule has 4 heteroatoms. The maximum absolute atomic E-state index is 12.3. The summed E-state index contributed by atoms with van der Waals surface area (Å²) in [6.45, 7) is 0.905. The van der Waals surface area contributed by atoms with Gasteiger partial charge in [0.25, 0.3) is 0 Å². The van der Waals surface area contributed by atoms with Crippen molar-refractivity contribution in [3.63, 3.8) is 0 Å². The van der Waals surface area contributed by atoms with E-state index < -0.39 is 0 Å². The smallest absolute Gasteiger partial charge is 0.323 e. The molecule has 4 nitrogen and oxygen atoms in total. The lowest BCUT2D eigenvalue weighted by Crippen LogP contribution is -2.42. The Morgan fingerprint density at radius 1 is 1.20 bits per heavy atom. The first-order valence-corrected chi connectivity index (χ1v) is 9.64. The first-order chi connectivity index (χ1) is 12.3. The molecule has 0 aliphatic heterocycles. The number of hydrogen-bond donors (Lipinski definition) is 2. The number of fused-ring (bicyclic) bond motifs is 1. The molecule has 1 aliphatic carbocycles. The van der Waals surface area contributed by atoms with Crippen LogP contribution in [0.2, 0.25) is 0 Å². The van der Waals surface area contributed by atoms with E-state index in [0.29, 0.717) is 12.3 Å². The first-order valence-electron chi connectivity index (χ1n) is 9.64. The highest BCUT2D eigenvalue weighted by molar-refractivity contribution is 5.84. The van der Waals surface area contributed by atoms with Crippen molar-refractivity contribution in [2.75, 3.05) is 13.7 Å². The van der Waals surface area contributed by atoms with E-state index in [2.05, 4.69) is 22.4 Å². The molecule has 0 saturated heterocycles. The maximum atomic E-state index is 12.3. The molecule has 1 aromatic carbocycles. The van der Waals surface area contributed by atoms with Gasteiger partial charge in [0.1, 0.15) is 6.04 Å². The fourth-order valence-corrected chi connectivity index (χ4v) is 3.96. The van der Waals surface area contributed by atoms with Gasteiger partial charge in [-0.25, -0.2) is 0 Å². The van der Waals surface area contributed by atoms with Crippen LogP contribution in [0.15, 0.2) is 30.5 Å². The maximum Gasteiger partial charge on any atom is 0.323 e. The van der Waals surface area contributed by atoms with Crippen molar-refractivity contribution >= 4 is 16.9 Å². The molecule has 1 atom stereocenters. The molecule has 25 heavy (non-hydrogen) atoms. The second kappa shape index (κ2) is 9.04. The Kier molecular flexibility index (Phi) is 6.51. The normalized spacial score (nSPS) is 17.8. The van der Waals surface area contributed by atoms with E-state index in [9.17, 15) is 4.79 Å². The van der Waals surface area contributed by atoms with Crippen LogP contribution in [0.5, 0.6) is 0 Å². The second-order valence-electron chi connectivity index (χ2n) is 7.26. The van der Waals surface area contributed by atoms with Gasteiger partial charge in [-0.2, -0.15) is 0 Å². The van der Waals surface area contributed by atoms with Gasteiger partial charge in [-0.15, -0.1) is 0 Å². The number of carbonyl (C=O) groups is 1. The van der Waals surface area contributed by atoms with E-state index >= 15 is 0 Å². The van der Waals surface area contributed by atoms with Crippen LogP contribution >= 0.6 is 0 Å². The summed E-state index contributed by atoms with van der Waals surface area (Å²) in [6.07, 6.45) is 11.9. The van der Waals surface area contributed by atoms with Crippen molar-refractivity contribution in [2.24, 2.45) is 5.92 Å². The summed E-state index contributed by atoms with van der Waals surface area (Å²) in [6, 6.07) is 7.94. The minimum Gasteiger partial charge on any atom is -0.468 e. The number of H-pyrrole nitrogens is 1. The molecule has 136 valence electrons. The number of aromatic nitrogens is 1. The molecule has 1 saturated carbocycles. The fraction of sp³-hybridized carbons (Fsp3) is 0.571. The van der Waals surface area contributed by atoms with Crippen LogP contribution in [0.3, 0.4) is 0 Å². The van der Waals surface area contributed by atoms with Crippen molar-refractivity contribution in [1.82, 2.24) is 10.3 Å². The Bertz CT molecular complexity index is 671. The van der Waals surface area contributed by atoms with Crippen LogP contribution in [0, 0.1) is 5.92 Å². The van der Waals surface area contributed by atoms with Crippen molar-refractivity contribution in [2.45, 2.75) is 57.4 Å². The predicted molar refractivity (Wildman–Crippen MR) is 102 cm³/mol. The number of hydrogen-bond acceptors (Lipinski definition) is 3. The van der Waals surface area contributed by atoms with Crippen LogP contribution < -0.4 is 5.32 Å². The lowest BCUT2D eigenvalue weighted by Gasteiger charge is -2.23. The van der Waals surface area contributed by atoms with Crippen molar-refractivity contribution in [3.05, 3.63) is 36.0 Å². The minimum atomic E-state index is -0.283. The summed E-state index contributed by atoms with van der Waals surface area (Å²) in [5.74, 6) is 0.506. The van der Waals surface area contributed by atoms with Gasteiger partial charge in [-0.05, 0) is 36.9 Å². The Morgan fingerprint density at radius 3 is 2.68 bits per heavy atom. The molecular weight excluding hydrogens is 312 g/mol. The number of carbonyl (C=O) groups excluding carboxylic acids is 1. The Balaban J connectivity index is 1.64. The van der Waals surface area contributed by atoms with Crippen LogP contribution in [0.1, 0.15) is 50.5 Å². The SMILES string of the molecule is COC(=O)[C@H](Cc1c[nH]c2ccccc12)NCC1CCCCCCC1. The predicted octanol–water partition coefficient (Wildman–Crippen LogP) is 4.20. The van der Waals surface area contributed by atoms with E-state index in [1.165, 1.54) is 57.4 Å². The minimum absolute atomic E-state index is 0.170. The Labute approximate surface area is 150 Å². The molecule has 2 N–H and O–H groups in total. The zero-order chi connectivity index (χ0) is 17.5. The average Bonchev–Trinajstić information content (AvgIpc) is 3.02. The molecule has 0 radical (unpaired) electrons. The molecule has 1 heterocycles. The van der Waals surface area contributed by atoms with Gasteiger partial charge in [-0.3, -0.25) is 4.79 Å². The molecule has 0 bridgehead atoms. The Morgan fingerprint density at radius 2 is 1.92 bits per heavy atom. The number of benzene rings is 1. The molecule has 0 unspecified atom stereocenters. The third kappa shape index (κ3) is 4.85. The van der Waals surface area contributed by atoms with E-state index in [4.69, 9.17) is 4.74 Å². The summed E-state index contributed by atoms with van der Waals surface area (Å²) in [5, 5.41) is 4.69. The highest BCUT2D eigenvalue weighted by Crippen LogP contribution is 2.23. The number of nitrogens with one attached hydrogen (secondary N) is 2. The van der Waals surface area contributed by atoms with Crippen molar-refractivity contribution in [3.8, 4) is 0 Å². The van der Waals surface area contributed by atoms with Gasteiger partial charge in [0.2, 0.25) is 0 Å². The van der Waals surface area contributed by atoms with E-state index in [-0.39, 0.29) is 12.0 Å². The second-order valence-corrected chi connectivity index (χ2v) is 7.26.